The van der Waals surface area contributed by atoms with Gasteiger partial charge in [-0.1, -0.05) is 19.9 Å². The van der Waals surface area contributed by atoms with Crippen molar-refractivity contribution in [2.45, 2.75) is 39.0 Å². The zero-order chi connectivity index (χ0) is 10.7. The summed E-state index contributed by atoms with van der Waals surface area (Å²) in [7, 11) is 0. The minimum absolute atomic E-state index is 0.105. The average molecular weight is 211 g/mol. The van der Waals surface area contributed by atoms with Gasteiger partial charge >= 0.3 is 0 Å². The van der Waals surface area contributed by atoms with Gasteiger partial charge in [0.05, 0.1) is 0 Å². The van der Waals surface area contributed by atoms with Crippen molar-refractivity contribution in [1.82, 2.24) is 4.57 Å². The molecule has 0 aliphatic rings. The van der Waals surface area contributed by atoms with E-state index in [-0.39, 0.29) is 5.56 Å². The molecule has 0 atom stereocenters. The first-order valence-corrected chi connectivity index (χ1v) is 5.58. The largest absolute Gasteiger partial charge is 0.312 e. The smallest absolute Gasteiger partial charge is 0.254 e. The second-order valence-corrected chi connectivity index (χ2v) is 3.96. The van der Waals surface area contributed by atoms with Gasteiger partial charge in [-0.3, -0.25) is 4.79 Å². The number of hydrogen-bond acceptors (Lipinski definition) is 2. The first-order chi connectivity index (χ1) is 6.61. The maximum absolute atomic E-state index is 11.9. The van der Waals surface area contributed by atoms with Crippen LogP contribution >= 0.6 is 12.6 Å². The molecule has 0 aliphatic carbocycles. The van der Waals surface area contributed by atoms with Crippen molar-refractivity contribution in [2.75, 3.05) is 0 Å². The fraction of sp³-hybridized carbons (Fsp3) is 0.545. The van der Waals surface area contributed by atoms with Gasteiger partial charge in [0.2, 0.25) is 0 Å². The zero-order valence-electron chi connectivity index (χ0n) is 8.95. The fourth-order valence-electron chi connectivity index (χ4n) is 1.59. The van der Waals surface area contributed by atoms with E-state index in [1.165, 1.54) is 0 Å². The van der Waals surface area contributed by atoms with Gasteiger partial charge in [-0.15, -0.1) is 0 Å². The molecule has 3 heteroatoms. The minimum atomic E-state index is 0.105. The van der Waals surface area contributed by atoms with E-state index in [1.54, 1.807) is 0 Å². The molecule has 0 aliphatic heterocycles. The van der Waals surface area contributed by atoms with Crippen molar-refractivity contribution in [1.29, 1.82) is 0 Å². The van der Waals surface area contributed by atoms with Crippen LogP contribution in [0.15, 0.2) is 16.9 Å². The molecule has 0 bridgehead atoms. The van der Waals surface area contributed by atoms with Crippen LogP contribution in [0.25, 0.3) is 0 Å². The summed E-state index contributed by atoms with van der Waals surface area (Å²) in [6, 6.07) is 3.91. The quantitative estimate of drug-likeness (QED) is 0.762. The summed E-state index contributed by atoms with van der Waals surface area (Å²) in [5.74, 6) is 0.897. The van der Waals surface area contributed by atoms with E-state index >= 15 is 0 Å². The van der Waals surface area contributed by atoms with E-state index < -0.39 is 0 Å². The van der Waals surface area contributed by atoms with Crippen molar-refractivity contribution < 1.29 is 0 Å². The van der Waals surface area contributed by atoms with Crippen molar-refractivity contribution >= 4 is 12.6 Å². The van der Waals surface area contributed by atoms with Gasteiger partial charge in [-0.25, -0.2) is 0 Å². The van der Waals surface area contributed by atoms with Gasteiger partial charge in [-0.05, 0) is 18.9 Å². The predicted molar refractivity (Wildman–Crippen MR) is 63.2 cm³/mol. The lowest BCUT2D eigenvalue weighted by atomic mass is 10.1. The summed E-state index contributed by atoms with van der Waals surface area (Å²) < 4.78 is 1.83. The predicted octanol–water partition coefficient (Wildman–Crippen LogP) is 2.42. The van der Waals surface area contributed by atoms with E-state index in [0.29, 0.717) is 11.7 Å². The Morgan fingerprint density at radius 1 is 1.43 bits per heavy atom. The lowest BCUT2D eigenvalue weighted by molar-refractivity contribution is 0.635. The molecule has 0 spiro atoms. The van der Waals surface area contributed by atoms with Gasteiger partial charge in [-0.2, -0.15) is 12.6 Å². The molecule has 1 rings (SSSR count). The number of thiol groups is 1. The zero-order valence-corrected chi connectivity index (χ0v) is 9.84. The van der Waals surface area contributed by atoms with Crippen molar-refractivity contribution in [3.8, 4) is 0 Å². The number of pyridine rings is 1. The standard InChI is InChI=1S/C11H17NOS/c1-4-12-10(8(2)3)6-5-9(7-14)11(12)13/h5-6,8,14H,4,7H2,1-3H3. The Bertz CT molecular complexity index is 368. The molecule has 1 aromatic heterocycles. The van der Waals surface area contributed by atoms with Crippen LogP contribution in [0.4, 0.5) is 0 Å². The van der Waals surface area contributed by atoms with Crippen LogP contribution in [-0.2, 0) is 12.3 Å². The molecule has 1 heterocycles. The van der Waals surface area contributed by atoms with Crippen molar-refractivity contribution in [2.24, 2.45) is 0 Å². The minimum Gasteiger partial charge on any atom is -0.312 e. The Morgan fingerprint density at radius 2 is 2.07 bits per heavy atom. The molecule has 0 fully saturated rings. The normalized spacial score (nSPS) is 10.9. The van der Waals surface area contributed by atoms with Crippen LogP contribution in [0, 0.1) is 0 Å². The average Bonchev–Trinajstić information content (AvgIpc) is 2.17. The van der Waals surface area contributed by atoms with E-state index in [1.807, 2.05) is 23.6 Å². The number of hydrogen-bond donors (Lipinski definition) is 1. The molecule has 14 heavy (non-hydrogen) atoms. The van der Waals surface area contributed by atoms with Gasteiger partial charge < -0.3 is 4.57 Å². The molecule has 0 aromatic carbocycles. The molecular formula is C11H17NOS. The SMILES string of the molecule is CCn1c(C(C)C)ccc(CS)c1=O. The molecule has 2 nitrogen and oxygen atoms in total. The van der Waals surface area contributed by atoms with Crippen LogP contribution in [-0.4, -0.2) is 4.57 Å². The van der Waals surface area contributed by atoms with E-state index in [2.05, 4.69) is 26.5 Å². The highest BCUT2D eigenvalue weighted by atomic mass is 32.1. The van der Waals surface area contributed by atoms with E-state index in [0.717, 1.165) is 17.8 Å². The van der Waals surface area contributed by atoms with E-state index in [9.17, 15) is 4.79 Å². The van der Waals surface area contributed by atoms with Gasteiger partial charge in [0.15, 0.2) is 0 Å². The van der Waals surface area contributed by atoms with Gasteiger partial charge in [0.1, 0.15) is 0 Å². The highest BCUT2D eigenvalue weighted by Crippen LogP contribution is 2.13. The van der Waals surface area contributed by atoms with Crippen LogP contribution in [0.2, 0.25) is 0 Å². The molecule has 78 valence electrons. The molecule has 0 saturated carbocycles. The third kappa shape index (κ3) is 2.03. The van der Waals surface area contributed by atoms with Crippen molar-refractivity contribution in [3.05, 3.63) is 33.7 Å². The summed E-state index contributed by atoms with van der Waals surface area (Å²) >= 11 is 4.14. The fourth-order valence-corrected chi connectivity index (χ4v) is 1.83. The van der Waals surface area contributed by atoms with Crippen molar-refractivity contribution in [3.63, 3.8) is 0 Å². The summed E-state index contributed by atoms with van der Waals surface area (Å²) in [6.07, 6.45) is 0. The van der Waals surface area contributed by atoms with Crippen LogP contribution in [0.5, 0.6) is 0 Å². The monoisotopic (exact) mass is 211 g/mol. The lowest BCUT2D eigenvalue weighted by Gasteiger charge is -2.14. The third-order valence-electron chi connectivity index (χ3n) is 2.36. The third-order valence-corrected chi connectivity index (χ3v) is 2.71. The summed E-state index contributed by atoms with van der Waals surface area (Å²) in [4.78, 5) is 11.9. The Kier molecular flexibility index (Phi) is 3.81. The van der Waals surface area contributed by atoms with Crippen LogP contribution in [0.3, 0.4) is 0 Å². The second kappa shape index (κ2) is 4.69. The maximum Gasteiger partial charge on any atom is 0.254 e. The lowest BCUT2D eigenvalue weighted by Crippen LogP contribution is -2.25. The molecule has 0 saturated heterocycles. The number of rotatable bonds is 3. The van der Waals surface area contributed by atoms with E-state index in [4.69, 9.17) is 0 Å². The molecule has 0 N–H and O–H groups in total. The maximum atomic E-state index is 11.9. The molecule has 0 amide bonds. The number of aromatic nitrogens is 1. The van der Waals surface area contributed by atoms with Crippen LogP contribution in [0.1, 0.15) is 37.9 Å². The Labute approximate surface area is 90.4 Å². The summed E-state index contributed by atoms with van der Waals surface area (Å²) in [5, 5.41) is 0. The molecule has 0 radical (unpaired) electrons. The highest BCUT2D eigenvalue weighted by Gasteiger charge is 2.08. The number of nitrogens with zero attached hydrogens (tertiary/aromatic N) is 1. The Balaban J connectivity index is 3.36. The van der Waals surface area contributed by atoms with Crippen LogP contribution < -0.4 is 5.56 Å². The summed E-state index contributed by atoms with van der Waals surface area (Å²) in [6.45, 7) is 6.92. The summed E-state index contributed by atoms with van der Waals surface area (Å²) in [5.41, 5.74) is 1.98. The first-order valence-electron chi connectivity index (χ1n) is 4.95. The Hall–Kier alpha value is -0.700. The molecular weight excluding hydrogens is 194 g/mol. The molecule has 0 unspecified atom stereocenters. The topological polar surface area (TPSA) is 22.0 Å². The van der Waals surface area contributed by atoms with Gasteiger partial charge in [0, 0.05) is 23.6 Å². The van der Waals surface area contributed by atoms with Gasteiger partial charge in [0.25, 0.3) is 5.56 Å². The highest BCUT2D eigenvalue weighted by molar-refractivity contribution is 7.79. The first kappa shape index (κ1) is 11.4. The molecule has 1 aromatic rings. The Morgan fingerprint density at radius 3 is 2.50 bits per heavy atom. The second-order valence-electron chi connectivity index (χ2n) is 3.65.